The van der Waals surface area contributed by atoms with Crippen molar-refractivity contribution in [2.24, 2.45) is 5.73 Å². The molecule has 5 heteroatoms. The first-order chi connectivity index (χ1) is 8.44. The predicted octanol–water partition coefficient (Wildman–Crippen LogP) is 1.75. The molecule has 0 unspecified atom stereocenters. The van der Waals surface area contributed by atoms with Crippen molar-refractivity contribution < 1.29 is 14.3 Å². The van der Waals surface area contributed by atoms with Crippen LogP contribution in [0.3, 0.4) is 0 Å². The van der Waals surface area contributed by atoms with Crippen molar-refractivity contribution in [1.82, 2.24) is 4.90 Å². The lowest BCUT2D eigenvalue weighted by Gasteiger charge is -2.36. The van der Waals surface area contributed by atoms with Crippen molar-refractivity contribution in [2.75, 3.05) is 26.3 Å². The van der Waals surface area contributed by atoms with Crippen LogP contribution in [0.5, 0.6) is 0 Å². The van der Waals surface area contributed by atoms with Crippen molar-refractivity contribution in [3.8, 4) is 0 Å². The van der Waals surface area contributed by atoms with Gasteiger partial charge in [0, 0.05) is 13.1 Å². The van der Waals surface area contributed by atoms with Gasteiger partial charge in [0.25, 0.3) is 0 Å². The maximum Gasteiger partial charge on any atom is 0.410 e. The number of ether oxygens (including phenoxy) is 2. The van der Waals surface area contributed by atoms with Gasteiger partial charge >= 0.3 is 6.09 Å². The van der Waals surface area contributed by atoms with Crippen LogP contribution >= 0.6 is 0 Å². The van der Waals surface area contributed by atoms with Crippen LogP contribution in [0.2, 0.25) is 0 Å². The summed E-state index contributed by atoms with van der Waals surface area (Å²) in [6, 6.07) is 0.125. The summed E-state index contributed by atoms with van der Waals surface area (Å²) in [5.74, 6) is 0. The molecular formula is C13H26N2O3. The standard InChI is InChI=1S/C13H26N2O3/c1-13(2,3)18-12(16)15-8-5-4-6-11(15)10-17-9-7-14/h11H,4-10,14H2,1-3H3/t11-/m0/s1. The number of carbonyl (C=O) groups excluding carboxylic acids is 1. The van der Waals surface area contributed by atoms with Gasteiger partial charge in [-0.3, -0.25) is 0 Å². The van der Waals surface area contributed by atoms with Crippen LogP contribution in [0.4, 0.5) is 4.79 Å². The Morgan fingerprint density at radius 3 is 2.72 bits per heavy atom. The first-order valence-corrected chi connectivity index (χ1v) is 6.71. The fourth-order valence-corrected chi connectivity index (χ4v) is 2.04. The lowest BCUT2D eigenvalue weighted by Crippen LogP contribution is -2.48. The number of piperidine rings is 1. The average molecular weight is 258 g/mol. The van der Waals surface area contributed by atoms with Crippen molar-refractivity contribution >= 4 is 6.09 Å². The number of nitrogens with zero attached hydrogens (tertiary/aromatic N) is 1. The van der Waals surface area contributed by atoms with E-state index in [4.69, 9.17) is 15.2 Å². The first-order valence-electron chi connectivity index (χ1n) is 6.71. The van der Waals surface area contributed by atoms with Crippen molar-refractivity contribution in [3.63, 3.8) is 0 Å². The minimum atomic E-state index is -0.447. The summed E-state index contributed by atoms with van der Waals surface area (Å²) >= 11 is 0. The first kappa shape index (κ1) is 15.2. The van der Waals surface area contributed by atoms with Gasteiger partial charge in [-0.25, -0.2) is 4.79 Å². The highest BCUT2D eigenvalue weighted by molar-refractivity contribution is 5.68. The summed E-state index contributed by atoms with van der Waals surface area (Å²) < 4.78 is 10.9. The van der Waals surface area contributed by atoms with E-state index >= 15 is 0 Å². The van der Waals surface area contributed by atoms with Crippen LogP contribution in [0.25, 0.3) is 0 Å². The number of hydrogen-bond acceptors (Lipinski definition) is 4. The quantitative estimate of drug-likeness (QED) is 0.780. The number of rotatable bonds is 4. The van der Waals surface area contributed by atoms with E-state index in [9.17, 15) is 4.79 Å². The summed E-state index contributed by atoms with van der Waals surface area (Å²) in [4.78, 5) is 13.9. The third kappa shape index (κ3) is 5.23. The van der Waals surface area contributed by atoms with Gasteiger partial charge < -0.3 is 20.1 Å². The summed E-state index contributed by atoms with van der Waals surface area (Å²) in [6.07, 6.45) is 2.91. The van der Waals surface area contributed by atoms with E-state index in [1.807, 2.05) is 20.8 Å². The molecule has 1 amide bonds. The van der Waals surface area contributed by atoms with E-state index in [0.29, 0.717) is 19.8 Å². The van der Waals surface area contributed by atoms with Gasteiger partial charge in [0.05, 0.1) is 19.3 Å². The van der Waals surface area contributed by atoms with Crippen LogP contribution in [-0.2, 0) is 9.47 Å². The third-order valence-electron chi connectivity index (χ3n) is 2.83. The molecule has 0 saturated carbocycles. The Labute approximate surface area is 110 Å². The van der Waals surface area contributed by atoms with Gasteiger partial charge in [-0.2, -0.15) is 0 Å². The monoisotopic (exact) mass is 258 g/mol. The number of carbonyl (C=O) groups is 1. The normalized spacial score (nSPS) is 20.9. The van der Waals surface area contributed by atoms with Crippen LogP contribution in [0.15, 0.2) is 0 Å². The molecule has 1 fully saturated rings. The molecule has 2 N–H and O–H groups in total. The lowest BCUT2D eigenvalue weighted by atomic mass is 10.0. The van der Waals surface area contributed by atoms with E-state index in [0.717, 1.165) is 25.8 Å². The Hall–Kier alpha value is -0.810. The number of nitrogens with two attached hydrogens (primary N) is 1. The van der Waals surface area contributed by atoms with E-state index < -0.39 is 5.60 Å². The molecule has 1 rings (SSSR count). The molecule has 0 aromatic heterocycles. The fraction of sp³-hybridized carbons (Fsp3) is 0.923. The zero-order valence-electron chi connectivity index (χ0n) is 11.8. The van der Waals surface area contributed by atoms with E-state index in [2.05, 4.69) is 0 Å². The second-order valence-corrected chi connectivity index (χ2v) is 5.69. The highest BCUT2D eigenvalue weighted by atomic mass is 16.6. The second kappa shape index (κ2) is 6.95. The van der Waals surface area contributed by atoms with Gasteiger partial charge in [-0.05, 0) is 40.0 Å². The molecule has 18 heavy (non-hydrogen) atoms. The largest absolute Gasteiger partial charge is 0.444 e. The molecular weight excluding hydrogens is 232 g/mol. The summed E-state index contributed by atoms with van der Waals surface area (Å²) in [7, 11) is 0. The minimum Gasteiger partial charge on any atom is -0.444 e. The van der Waals surface area contributed by atoms with Crippen LogP contribution < -0.4 is 5.73 Å². The van der Waals surface area contributed by atoms with Crippen LogP contribution in [0.1, 0.15) is 40.0 Å². The fourth-order valence-electron chi connectivity index (χ4n) is 2.04. The van der Waals surface area contributed by atoms with Crippen LogP contribution in [0, 0.1) is 0 Å². The molecule has 0 spiro atoms. The summed E-state index contributed by atoms with van der Waals surface area (Å²) in [5, 5.41) is 0. The Kier molecular flexibility index (Phi) is 5.88. The smallest absolute Gasteiger partial charge is 0.410 e. The van der Waals surface area contributed by atoms with Gasteiger partial charge in [0.15, 0.2) is 0 Å². The Balaban J connectivity index is 2.50. The zero-order valence-corrected chi connectivity index (χ0v) is 11.8. The van der Waals surface area contributed by atoms with Crippen molar-refractivity contribution in [3.05, 3.63) is 0 Å². The number of hydrogen-bond donors (Lipinski definition) is 1. The molecule has 0 radical (unpaired) electrons. The Morgan fingerprint density at radius 2 is 2.11 bits per heavy atom. The molecule has 0 aromatic rings. The molecule has 1 heterocycles. The van der Waals surface area contributed by atoms with Gasteiger partial charge in [-0.1, -0.05) is 0 Å². The second-order valence-electron chi connectivity index (χ2n) is 5.69. The molecule has 1 aliphatic rings. The Morgan fingerprint density at radius 1 is 1.39 bits per heavy atom. The minimum absolute atomic E-state index is 0.125. The highest BCUT2D eigenvalue weighted by Crippen LogP contribution is 2.20. The zero-order chi connectivity index (χ0) is 13.6. The maximum atomic E-state index is 12.1. The van der Waals surface area contributed by atoms with Gasteiger partial charge in [-0.15, -0.1) is 0 Å². The molecule has 106 valence electrons. The molecule has 1 saturated heterocycles. The summed E-state index contributed by atoms with van der Waals surface area (Å²) in [6.45, 7) is 8.01. The SMILES string of the molecule is CC(C)(C)OC(=O)N1CCCC[C@H]1COCCN. The molecule has 5 nitrogen and oxygen atoms in total. The molecule has 1 aliphatic heterocycles. The third-order valence-corrected chi connectivity index (χ3v) is 2.83. The number of amides is 1. The molecule has 0 bridgehead atoms. The van der Waals surface area contributed by atoms with Gasteiger partial charge in [0.2, 0.25) is 0 Å². The molecule has 1 atom stereocenters. The topological polar surface area (TPSA) is 64.8 Å². The van der Waals surface area contributed by atoms with E-state index in [1.54, 1.807) is 4.90 Å². The van der Waals surface area contributed by atoms with Crippen LogP contribution in [-0.4, -0.2) is 48.9 Å². The molecule has 0 aromatic carbocycles. The number of likely N-dealkylation sites (tertiary alicyclic amines) is 1. The average Bonchev–Trinajstić information content (AvgIpc) is 2.27. The lowest BCUT2D eigenvalue weighted by molar-refractivity contribution is -0.00693. The van der Waals surface area contributed by atoms with Gasteiger partial charge in [0.1, 0.15) is 5.60 Å². The predicted molar refractivity (Wildman–Crippen MR) is 70.5 cm³/mol. The molecule has 0 aliphatic carbocycles. The van der Waals surface area contributed by atoms with Crippen molar-refractivity contribution in [1.29, 1.82) is 0 Å². The van der Waals surface area contributed by atoms with E-state index in [1.165, 1.54) is 0 Å². The Bertz CT molecular complexity index is 263. The maximum absolute atomic E-state index is 12.1. The van der Waals surface area contributed by atoms with Crippen molar-refractivity contribution in [2.45, 2.75) is 51.7 Å². The highest BCUT2D eigenvalue weighted by Gasteiger charge is 2.30. The summed E-state index contributed by atoms with van der Waals surface area (Å²) in [5.41, 5.74) is 4.94. The van der Waals surface area contributed by atoms with E-state index in [-0.39, 0.29) is 12.1 Å².